The van der Waals surface area contributed by atoms with Gasteiger partial charge in [0.1, 0.15) is 0 Å². The minimum absolute atomic E-state index is 1.08. The van der Waals surface area contributed by atoms with Crippen molar-refractivity contribution in [3.8, 4) is 0 Å². The summed E-state index contributed by atoms with van der Waals surface area (Å²) in [5.74, 6) is 0. The fourth-order valence-electron chi connectivity index (χ4n) is 3.63. The molecule has 0 radical (unpaired) electrons. The molecule has 0 unspecified atom stereocenters. The molecule has 0 saturated carbocycles. The number of hydrogen-bond acceptors (Lipinski definition) is 1. The van der Waals surface area contributed by atoms with Crippen LogP contribution in [0.4, 0.5) is 0 Å². The fourth-order valence-corrected chi connectivity index (χ4v) is 3.63. The molecule has 0 spiro atoms. The second kappa shape index (κ2) is 9.56. The van der Waals surface area contributed by atoms with Crippen LogP contribution in [0.5, 0.6) is 0 Å². The summed E-state index contributed by atoms with van der Waals surface area (Å²) in [5.41, 5.74) is 3.64. The van der Waals surface area contributed by atoms with Gasteiger partial charge in [-0.05, 0) is 42.7 Å². The Bertz CT molecular complexity index is 790. The zero-order valence-electron chi connectivity index (χ0n) is 15.6. The number of rotatable bonds is 10. The largest absolute Gasteiger partial charge is 0.248 e. The average Bonchev–Trinajstić information content (AvgIpc) is 2.65. The first kappa shape index (κ1) is 17.9. The zero-order valence-corrected chi connectivity index (χ0v) is 15.6. The lowest BCUT2D eigenvalue weighted by Gasteiger charge is -2.06. The molecule has 1 nitrogen and oxygen atoms in total. The SMILES string of the molecule is CCCCCCCCCCCc1ccc2nc3ccccc3cc2c1. The molecule has 0 bridgehead atoms. The highest BCUT2D eigenvalue weighted by Gasteiger charge is 2.01. The van der Waals surface area contributed by atoms with Gasteiger partial charge in [0.25, 0.3) is 0 Å². The van der Waals surface area contributed by atoms with E-state index in [0.717, 1.165) is 11.0 Å². The van der Waals surface area contributed by atoms with Crippen LogP contribution >= 0.6 is 0 Å². The van der Waals surface area contributed by atoms with Crippen LogP contribution in [0.15, 0.2) is 48.5 Å². The molecule has 0 saturated heterocycles. The van der Waals surface area contributed by atoms with Crippen LogP contribution in [-0.4, -0.2) is 4.98 Å². The van der Waals surface area contributed by atoms with Gasteiger partial charge in [0, 0.05) is 10.8 Å². The Balaban J connectivity index is 1.46. The topological polar surface area (TPSA) is 12.9 Å². The smallest absolute Gasteiger partial charge is 0.0709 e. The van der Waals surface area contributed by atoms with Crippen molar-refractivity contribution in [2.24, 2.45) is 0 Å². The van der Waals surface area contributed by atoms with Crippen LogP contribution < -0.4 is 0 Å². The Morgan fingerprint density at radius 1 is 0.640 bits per heavy atom. The molecule has 0 N–H and O–H groups in total. The monoisotopic (exact) mass is 333 g/mol. The highest BCUT2D eigenvalue weighted by molar-refractivity contribution is 5.92. The van der Waals surface area contributed by atoms with Crippen molar-refractivity contribution in [3.05, 3.63) is 54.1 Å². The summed E-state index contributed by atoms with van der Waals surface area (Å²) in [5, 5.41) is 2.50. The molecule has 1 heterocycles. The molecule has 1 heteroatoms. The second-order valence-corrected chi connectivity index (χ2v) is 7.29. The van der Waals surface area contributed by atoms with Gasteiger partial charge in [-0.3, -0.25) is 0 Å². The third kappa shape index (κ3) is 5.29. The first-order chi connectivity index (χ1) is 12.4. The van der Waals surface area contributed by atoms with Crippen LogP contribution in [0.1, 0.15) is 70.3 Å². The minimum Gasteiger partial charge on any atom is -0.248 e. The van der Waals surface area contributed by atoms with E-state index in [1.807, 2.05) is 0 Å². The summed E-state index contributed by atoms with van der Waals surface area (Å²) >= 11 is 0. The number of benzene rings is 2. The van der Waals surface area contributed by atoms with E-state index in [9.17, 15) is 0 Å². The molecule has 0 aliphatic carbocycles. The number of para-hydroxylation sites is 1. The lowest BCUT2D eigenvalue weighted by Crippen LogP contribution is -1.89. The van der Waals surface area contributed by atoms with E-state index in [0.29, 0.717) is 0 Å². The Labute approximate surface area is 152 Å². The van der Waals surface area contributed by atoms with Crippen LogP contribution in [0, 0.1) is 0 Å². The lowest BCUT2D eigenvalue weighted by molar-refractivity contribution is 0.565. The van der Waals surface area contributed by atoms with Gasteiger partial charge in [-0.15, -0.1) is 0 Å². The number of nitrogens with zero attached hydrogens (tertiary/aromatic N) is 1. The maximum absolute atomic E-state index is 4.77. The first-order valence-electron chi connectivity index (χ1n) is 10.2. The van der Waals surface area contributed by atoms with Crippen LogP contribution in [0.3, 0.4) is 0 Å². The fraction of sp³-hybridized carbons (Fsp3) is 0.458. The number of aromatic nitrogens is 1. The second-order valence-electron chi connectivity index (χ2n) is 7.29. The van der Waals surface area contributed by atoms with E-state index in [1.54, 1.807) is 0 Å². The van der Waals surface area contributed by atoms with Crippen molar-refractivity contribution in [1.29, 1.82) is 0 Å². The average molecular weight is 334 g/mol. The summed E-state index contributed by atoms with van der Waals surface area (Å²) in [6, 6.07) is 17.4. The summed E-state index contributed by atoms with van der Waals surface area (Å²) in [6.07, 6.45) is 13.7. The van der Waals surface area contributed by atoms with Gasteiger partial charge in [-0.25, -0.2) is 4.98 Å². The summed E-state index contributed by atoms with van der Waals surface area (Å²) in [4.78, 5) is 4.77. The number of aryl methyl sites for hydroxylation is 1. The predicted octanol–water partition coefficient (Wildman–Crippen LogP) is 7.46. The lowest BCUT2D eigenvalue weighted by atomic mass is 10.0. The molecule has 0 atom stereocenters. The van der Waals surface area contributed by atoms with Crippen molar-refractivity contribution >= 4 is 21.8 Å². The van der Waals surface area contributed by atoms with Crippen molar-refractivity contribution in [2.75, 3.05) is 0 Å². The van der Waals surface area contributed by atoms with E-state index >= 15 is 0 Å². The Hall–Kier alpha value is -1.89. The van der Waals surface area contributed by atoms with Crippen molar-refractivity contribution in [2.45, 2.75) is 71.1 Å². The van der Waals surface area contributed by atoms with Crippen LogP contribution in [-0.2, 0) is 6.42 Å². The number of hydrogen-bond donors (Lipinski definition) is 0. The van der Waals surface area contributed by atoms with Crippen LogP contribution in [0.25, 0.3) is 21.8 Å². The van der Waals surface area contributed by atoms with E-state index in [-0.39, 0.29) is 0 Å². The van der Waals surface area contributed by atoms with E-state index in [2.05, 4.69) is 55.5 Å². The van der Waals surface area contributed by atoms with Gasteiger partial charge in [0.2, 0.25) is 0 Å². The highest BCUT2D eigenvalue weighted by Crippen LogP contribution is 2.21. The number of pyridine rings is 1. The number of unbranched alkanes of at least 4 members (excludes halogenated alkanes) is 8. The molecule has 2 aromatic carbocycles. The third-order valence-corrected chi connectivity index (χ3v) is 5.15. The van der Waals surface area contributed by atoms with Crippen LogP contribution in [0.2, 0.25) is 0 Å². The summed E-state index contributed by atoms with van der Waals surface area (Å²) in [7, 11) is 0. The Kier molecular flexibility index (Phi) is 6.85. The molecule has 0 fully saturated rings. The van der Waals surface area contributed by atoms with Crippen molar-refractivity contribution in [3.63, 3.8) is 0 Å². The van der Waals surface area contributed by atoms with Crippen molar-refractivity contribution in [1.82, 2.24) is 4.98 Å². The third-order valence-electron chi connectivity index (χ3n) is 5.15. The first-order valence-corrected chi connectivity index (χ1v) is 10.2. The van der Waals surface area contributed by atoms with Gasteiger partial charge < -0.3 is 0 Å². The quantitative estimate of drug-likeness (QED) is 0.277. The molecular formula is C24H31N. The highest BCUT2D eigenvalue weighted by atomic mass is 14.7. The molecule has 25 heavy (non-hydrogen) atoms. The maximum atomic E-state index is 4.77. The molecule has 3 aromatic rings. The van der Waals surface area contributed by atoms with Gasteiger partial charge in [0.15, 0.2) is 0 Å². The van der Waals surface area contributed by atoms with E-state index in [4.69, 9.17) is 4.98 Å². The predicted molar refractivity (Wildman–Crippen MR) is 110 cm³/mol. The molecule has 3 rings (SSSR count). The molecule has 1 aromatic heterocycles. The standard InChI is InChI=1S/C24H31N/c1-2-3-4-5-6-7-8-9-10-13-20-16-17-24-22(18-20)19-21-14-11-12-15-23(21)25-24/h11-12,14-19H,2-10,13H2,1H3. The molecule has 0 aliphatic heterocycles. The number of fused-ring (bicyclic) bond motifs is 2. The molecule has 132 valence electrons. The van der Waals surface area contributed by atoms with E-state index < -0.39 is 0 Å². The molecule has 0 aliphatic rings. The van der Waals surface area contributed by atoms with Gasteiger partial charge in [0.05, 0.1) is 11.0 Å². The van der Waals surface area contributed by atoms with Gasteiger partial charge >= 0.3 is 0 Å². The Morgan fingerprint density at radius 2 is 1.32 bits per heavy atom. The minimum atomic E-state index is 1.08. The Morgan fingerprint density at radius 3 is 2.12 bits per heavy atom. The summed E-state index contributed by atoms with van der Waals surface area (Å²) in [6.45, 7) is 2.28. The summed E-state index contributed by atoms with van der Waals surface area (Å²) < 4.78 is 0. The van der Waals surface area contributed by atoms with Crippen molar-refractivity contribution < 1.29 is 0 Å². The molecule has 0 amide bonds. The molecular weight excluding hydrogens is 302 g/mol. The maximum Gasteiger partial charge on any atom is 0.0709 e. The van der Waals surface area contributed by atoms with Gasteiger partial charge in [-0.1, -0.05) is 82.6 Å². The van der Waals surface area contributed by atoms with Gasteiger partial charge in [-0.2, -0.15) is 0 Å². The van der Waals surface area contributed by atoms with E-state index in [1.165, 1.54) is 80.5 Å². The normalized spacial score (nSPS) is 11.4. The zero-order chi connectivity index (χ0) is 17.3.